The molecular weight excluding hydrogens is 316 g/mol. The minimum absolute atomic E-state index is 0.00573. The highest BCUT2D eigenvalue weighted by Gasteiger charge is 2.62. The smallest absolute Gasteiger partial charge is 0.200 e. The Kier molecular flexibility index (Phi) is 4.63. The van der Waals surface area contributed by atoms with Gasteiger partial charge in [-0.3, -0.25) is 4.79 Å². The second kappa shape index (κ2) is 6.06. The van der Waals surface area contributed by atoms with E-state index in [9.17, 15) is 4.79 Å². The number of ketones is 1. The molecule has 0 spiro atoms. The highest BCUT2D eigenvalue weighted by atomic mass is 28.4. The van der Waals surface area contributed by atoms with E-state index in [1.54, 1.807) is 0 Å². The Labute approximate surface area is 148 Å². The van der Waals surface area contributed by atoms with Crippen LogP contribution in [0.5, 0.6) is 0 Å². The molecule has 0 N–H and O–H groups in total. The van der Waals surface area contributed by atoms with E-state index < -0.39 is 13.7 Å². The number of hydrogen-bond donors (Lipinski definition) is 0. The summed E-state index contributed by atoms with van der Waals surface area (Å²) in [5.41, 5.74) is 1.09. The number of hydrogen-bond acceptors (Lipinski definition) is 3. The molecule has 136 valence electrons. The fourth-order valence-corrected chi connectivity index (χ4v) is 11.5. The standard InChI is InChI=1S/C20H34O3Si/c1-12(2)24(13(3)4,14(5)6)23-18-10-8-15-16-9-11-17(22-16)20(18,7)19(15)21/h9,11-18H,8,10H2,1-7H3/t15-,16-,17+,18-,20-/m0/s1. The van der Waals surface area contributed by atoms with Gasteiger partial charge < -0.3 is 9.16 Å². The maximum absolute atomic E-state index is 13.2. The highest BCUT2D eigenvalue weighted by Crippen LogP contribution is 2.53. The van der Waals surface area contributed by atoms with Gasteiger partial charge in [0, 0.05) is 5.92 Å². The van der Waals surface area contributed by atoms with Crippen LogP contribution in [0.15, 0.2) is 12.2 Å². The molecular formula is C20H34O3Si. The van der Waals surface area contributed by atoms with Crippen molar-refractivity contribution < 1.29 is 14.0 Å². The molecule has 4 heteroatoms. The molecule has 2 fully saturated rings. The third-order valence-electron chi connectivity index (χ3n) is 7.10. The molecule has 1 saturated carbocycles. The van der Waals surface area contributed by atoms with Gasteiger partial charge in [-0.1, -0.05) is 53.7 Å². The van der Waals surface area contributed by atoms with Crippen molar-refractivity contribution in [2.45, 2.75) is 96.2 Å². The van der Waals surface area contributed by atoms with Crippen molar-refractivity contribution in [2.24, 2.45) is 11.3 Å². The number of carbonyl (C=O) groups is 1. The topological polar surface area (TPSA) is 35.5 Å². The van der Waals surface area contributed by atoms with E-state index in [1.807, 2.05) is 0 Å². The maximum Gasteiger partial charge on any atom is 0.200 e. The zero-order chi connectivity index (χ0) is 17.9. The first-order chi connectivity index (χ1) is 11.2. The van der Waals surface area contributed by atoms with E-state index in [-0.39, 0.29) is 24.2 Å². The summed E-state index contributed by atoms with van der Waals surface area (Å²) in [6.07, 6.45) is 6.03. The molecule has 0 aromatic heterocycles. The van der Waals surface area contributed by atoms with Crippen LogP contribution >= 0.6 is 0 Å². The van der Waals surface area contributed by atoms with Crippen molar-refractivity contribution in [3.05, 3.63) is 12.2 Å². The zero-order valence-electron chi connectivity index (χ0n) is 16.3. The molecule has 0 radical (unpaired) electrons. The predicted molar refractivity (Wildman–Crippen MR) is 99.6 cm³/mol. The zero-order valence-corrected chi connectivity index (χ0v) is 17.3. The molecule has 1 saturated heterocycles. The van der Waals surface area contributed by atoms with Crippen molar-refractivity contribution in [1.82, 2.24) is 0 Å². The van der Waals surface area contributed by atoms with Crippen LogP contribution in [0.2, 0.25) is 16.6 Å². The van der Waals surface area contributed by atoms with Crippen LogP contribution in [-0.4, -0.2) is 32.4 Å². The van der Waals surface area contributed by atoms with Gasteiger partial charge in [0.25, 0.3) is 0 Å². The predicted octanol–water partition coefficient (Wildman–Crippen LogP) is 4.87. The van der Waals surface area contributed by atoms with E-state index in [2.05, 4.69) is 60.6 Å². The Balaban J connectivity index is 1.97. The summed E-state index contributed by atoms with van der Waals surface area (Å²) in [5.74, 6) is 0.419. The Morgan fingerprint density at radius 1 is 1.08 bits per heavy atom. The minimum atomic E-state index is -2.01. The second-order valence-corrected chi connectivity index (χ2v) is 14.6. The number of ether oxygens (including phenoxy) is 1. The van der Waals surface area contributed by atoms with Crippen LogP contribution < -0.4 is 0 Å². The SMILES string of the molecule is CC(C)[Si](O[C@H]1CC[C@@H]2C(=O)[C@@]1(C)[C@H]1C=C[C@@H]2O1)(C(C)C)C(C)C. The van der Waals surface area contributed by atoms with Crippen LogP contribution in [0, 0.1) is 11.3 Å². The first kappa shape index (κ1) is 18.3. The third kappa shape index (κ3) is 2.33. The Hall–Kier alpha value is -0.453. The molecule has 0 aromatic carbocycles. The van der Waals surface area contributed by atoms with Gasteiger partial charge >= 0.3 is 0 Å². The van der Waals surface area contributed by atoms with Gasteiger partial charge in [-0.2, -0.15) is 0 Å². The van der Waals surface area contributed by atoms with Crippen molar-refractivity contribution in [1.29, 1.82) is 0 Å². The number of fused-ring (bicyclic) bond motifs is 6. The highest BCUT2D eigenvalue weighted by molar-refractivity contribution is 6.77. The van der Waals surface area contributed by atoms with Crippen molar-refractivity contribution in [3.8, 4) is 0 Å². The molecule has 0 aromatic rings. The van der Waals surface area contributed by atoms with Crippen molar-refractivity contribution in [3.63, 3.8) is 0 Å². The van der Waals surface area contributed by atoms with E-state index in [0.29, 0.717) is 22.4 Å². The summed E-state index contributed by atoms with van der Waals surface area (Å²) >= 11 is 0. The average molecular weight is 351 g/mol. The third-order valence-corrected chi connectivity index (χ3v) is 13.2. The van der Waals surface area contributed by atoms with E-state index in [0.717, 1.165) is 12.8 Å². The monoisotopic (exact) mass is 350 g/mol. The lowest BCUT2D eigenvalue weighted by Gasteiger charge is -2.54. The Morgan fingerprint density at radius 3 is 2.21 bits per heavy atom. The fraction of sp³-hybridized carbons (Fsp3) is 0.850. The van der Waals surface area contributed by atoms with Crippen LogP contribution in [-0.2, 0) is 14.0 Å². The van der Waals surface area contributed by atoms with Gasteiger partial charge in [-0.05, 0) is 36.4 Å². The molecule has 2 aliphatic heterocycles. The summed E-state index contributed by atoms with van der Waals surface area (Å²) in [4.78, 5) is 13.2. The normalized spacial score (nSPS) is 38.7. The summed E-state index contributed by atoms with van der Waals surface area (Å²) < 4.78 is 13.2. The van der Waals surface area contributed by atoms with Crippen LogP contribution in [0.3, 0.4) is 0 Å². The Morgan fingerprint density at radius 2 is 1.67 bits per heavy atom. The van der Waals surface area contributed by atoms with E-state index in [1.165, 1.54) is 0 Å². The van der Waals surface area contributed by atoms with Crippen molar-refractivity contribution >= 4 is 14.1 Å². The summed E-state index contributed by atoms with van der Waals surface area (Å²) in [6.45, 7) is 16.0. The molecule has 24 heavy (non-hydrogen) atoms. The molecule has 4 bridgehead atoms. The molecule has 0 amide bonds. The van der Waals surface area contributed by atoms with Crippen LogP contribution in [0.1, 0.15) is 61.3 Å². The number of carbonyl (C=O) groups excluding carboxylic acids is 1. The largest absolute Gasteiger partial charge is 0.412 e. The molecule has 3 rings (SSSR count). The maximum atomic E-state index is 13.2. The first-order valence-electron chi connectivity index (χ1n) is 9.71. The lowest BCUT2D eigenvalue weighted by atomic mass is 9.63. The van der Waals surface area contributed by atoms with Crippen LogP contribution in [0.4, 0.5) is 0 Å². The van der Waals surface area contributed by atoms with Gasteiger partial charge in [-0.25, -0.2) is 0 Å². The van der Waals surface area contributed by atoms with E-state index in [4.69, 9.17) is 9.16 Å². The van der Waals surface area contributed by atoms with Gasteiger partial charge in [-0.15, -0.1) is 0 Å². The lowest BCUT2D eigenvalue weighted by molar-refractivity contribution is -0.181. The Bertz CT molecular complexity index is 517. The second-order valence-electron chi connectivity index (χ2n) is 9.16. The molecule has 2 heterocycles. The number of rotatable bonds is 5. The summed E-state index contributed by atoms with van der Waals surface area (Å²) in [7, 11) is -2.01. The molecule has 0 unspecified atom stereocenters. The van der Waals surface area contributed by atoms with Gasteiger partial charge in [0.05, 0.1) is 23.7 Å². The minimum Gasteiger partial charge on any atom is -0.412 e. The fourth-order valence-electron chi connectivity index (χ4n) is 5.83. The van der Waals surface area contributed by atoms with Gasteiger partial charge in [0.1, 0.15) is 5.78 Å². The molecule has 1 aliphatic carbocycles. The summed E-state index contributed by atoms with van der Waals surface area (Å²) in [6, 6.07) is 0. The number of Topliss-reactive ketones (excluding diaryl/α,β-unsaturated/α-hetero) is 1. The first-order valence-corrected chi connectivity index (χ1v) is 11.9. The molecule has 3 aliphatic rings. The van der Waals surface area contributed by atoms with Crippen molar-refractivity contribution in [2.75, 3.05) is 0 Å². The molecule has 5 atom stereocenters. The summed E-state index contributed by atoms with van der Waals surface area (Å²) in [5, 5.41) is 0. The quantitative estimate of drug-likeness (QED) is 0.524. The van der Waals surface area contributed by atoms with Crippen LogP contribution in [0.25, 0.3) is 0 Å². The van der Waals surface area contributed by atoms with E-state index >= 15 is 0 Å². The molecule has 3 nitrogen and oxygen atoms in total. The average Bonchev–Trinajstić information content (AvgIpc) is 2.94. The van der Waals surface area contributed by atoms with Gasteiger partial charge in [0.15, 0.2) is 0 Å². The van der Waals surface area contributed by atoms with Gasteiger partial charge in [0.2, 0.25) is 8.32 Å². The lowest BCUT2D eigenvalue weighted by Crippen LogP contribution is -2.64.